The van der Waals surface area contributed by atoms with Crippen LogP contribution in [0.3, 0.4) is 0 Å². The number of nitrogens with one attached hydrogen (secondary N) is 1. The molecule has 0 fully saturated rings. The molecule has 1 aromatic carbocycles. The predicted molar refractivity (Wildman–Crippen MR) is 84.3 cm³/mol. The predicted octanol–water partition coefficient (Wildman–Crippen LogP) is 2.13. The van der Waals surface area contributed by atoms with Crippen molar-refractivity contribution in [1.29, 1.82) is 0 Å². The van der Waals surface area contributed by atoms with Crippen molar-refractivity contribution in [3.05, 3.63) is 29.8 Å². The van der Waals surface area contributed by atoms with E-state index in [1.54, 1.807) is 24.3 Å². The quantitative estimate of drug-likeness (QED) is 0.819. The molecule has 0 radical (unpaired) electrons. The van der Waals surface area contributed by atoms with E-state index in [0.29, 0.717) is 13.0 Å². The van der Waals surface area contributed by atoms with Crippen LogP contribution in [0.25, 0.3) is 0 Å². The van der Waals surface area contributed by atoms with Gasteiger partial charge in [0.15, 0.2) is 0 Å². The van der Waals surface area contributed by atoms with Crippen molar-refractivity contribution in [3.8, 4) is 11.8 Å². The third-order valence-corrected chi connectivity index (χ3v) is 4.28. The molecule has 0 aliphatic carbocycles. The van der Waals surface area contributed by atoms with Gasteiger partial charge in [0.25, 0.3) is 0 Å². The van der Waals surface area contributed by atoms with Gasteiger partial charge in [-0.2, -0.15) is 0 Å². The average molecular weight is 309 g/mol. The van der Waals surface area contributed by atoms with Crippen LogP contribution in [0.15, 0.2) is 29.2 Å². The highest BCUT2D eigenvalue weighted by atomic mass is 32.2. The molecule has 1 rings (SSSR count). The third kappa shape index (κ3) is 6.76. The van der Waals surface area contributed by atoms with Crippen LogP contribution in [0, 0.1) is 17.3 Å². The Balaban J connectivity index is 2.70. The molecule has 0 unspecified atom stereocenters. The van der Waals surface area contributed by atoms with Crippen molar-refractivity contribution in [1.82, 2.24) is 4.72 Å². The number of hydrogen-bond acceptors (Lipinski definition) is 3. The Morgan fingerprint density at radius 3 is 2.33 bits per heavy atom. The molecule has 116 valence electrons. The van der Waals surface area contributed by atoms with Crippen LogP contribution in [-0.2, 0) is 10.0 Å². The highest BCUT2D eigenvalue weighted by molar-refractivity contribution is 7.89. The van der Waals surface area contributed by atoms with Crippen LogP contribution in [0.5, 0.6) is 0 Å². The summed E-state index contributed by atoms with van der Waals surface area (Å²) in [6, 6.07) is 6.43. The van der Waals surface area contributed by atoms with E-state index < -0.39 is 10.0 Å². The molecule has 0 amide bonds. The van der Waals surface area contributed by atoms with Crippen LogP contribution in [0.1, 0.15) is 39.2 Å². The fourth-order valence-corrected chi connectivity index (χ4v) is 2.61. The number of benzene rings is 1. The first kappa shape index (κ1) is 17.7. The molecule has 0 atom stereocenters. The summed E-state index contributed by atoms with van der Waals surface area (Å²) in [7, 11) is -3.46. The molecule has 2 N–H and O–H groups in total. The molecule has 0 saturated heterocycles. The van der Waals surface area contributed by atoms with E-state index in [1.165, 1.54) is 0 Å². The zero-order valence-corrected chi connectivity index (χ0v) is 13.6. The summed E-state index contributed by atoms with van der Waals surface area (Å²) in [4.78, 5) is 0.240. The lowest BCUT2D eigenvalue weighted by atomic mass is 9.93. The zero-order valence-electron chi connectivity index (χ0n) is 12.8. The number of aliphatic hydroxyl groups is 1. The minimum absolute atomic E-state index is 0.0250. The number of aliphatic hydroxyl groups excluding tert-OH is 1. The van der Waals surface area contributed by atoms with Crippen molar-refractivity contribution in [2.45, 2.75) is 38.5 Å². The van der Waals surface area contributed by atoms with Crippen LogP contribution < -0.4 is 4.72 Å². The van der Waals surface area contributed by atoms with Gasteiger partial charge in [-0.15, -0.1) is 0 Å². The van der Waals surface area contributed by atoms with Crippen LogP contribution in [0.2, 0.25) is 0 Å². The van der Waals surface area contributed by atoms with E-state index in [0.717, 1.165) is 12.0 Å². The first-order valence-corrected chi connectivity index (χ1v) is 8.42. The van der Waals surface area contributed by atoms with Gasteiger partial charge in [-0.25, -0.2) is 13.1 Å². The lowest BCUT2D eigenvalue weighted by Gasteiger charge is -2.18. The lowest BCUT2D eigenvalue weighted by Crippen LogP contribution is -2.27. The normalized spacial score (nSPS) is 11.8. The number of rotatable bonds is 5. The Bertz CT molecular complexity index is 602. The van der Waals surface area contributed by atoms with E-state index >= 15 is 0 Å². The molecule has 1 aromatic rings. The summed E-state index contributed by atoms with van der Waals surface area (Å²) >= 11 is 0. The molecular weight excluding hydrogens is 286 g/mol. The molecule has 0 aromatic heterocycles. The fourth-order valence-electron chi connectivity index (χ4n) is 1.58. The van der Waals surface area contributed by atoms with E-state index in [4.69, 9.17) is 5.11 Å². The second-order valence-corrected chi connectivity index (χ2v) is 7.78. The van der Waals surface area contributed by atoms with Crippen LogP contribution >= 0.6 is 0 Å². The molecule has 0 aliphatic heterocycles. The lowest BCUT2D eigenvalue weighted by molar-refractivity contribution is 0.305. The Kier molecular flexibility index (Phi) is 6.41. The van der Waals surface area contributed by atoms with Crippen molar-refractivity contribution >= 4 is 10.0 Å². The fraction of sp³-hybridized carbons (Fsp3) is 0.500. The van der Waals surface area contributed by atoms with Gasteiger partial charge in [0.2, 0.25) is 10.0 Å². The van der Waals surface area contributed by atoms with Gasteiger partial charge in [0.1, 0.15) is 0 Å². The number of sulfonamides is 1. The van der Waals surface area contributed by atoms with E-state index in [1.807, 2.05) is 0 Å². The summed E-state index contributed by atoms with van der Waals surface area (Å²) in [6.07, 6.45) is 1.19. The minimum atomic E-state index is -3.46. The van der Waals surface area contributed by atoms with Crippen molar-refractivity contribution < 1.29 is 13.5 Å². The SMILES string of the molecule is CC(C)(C)CCNS(=O)(=O)c1ccc(C#CCCO)cc1. The zero-order chi connectivity index (χ0) is 15.9. The summed E-state index contributed by atoms with van der Waals surface area (Å²) in [5, 5.41) is 8.64. The van der Waals surface area contributed by atoms with Gasteiger partial charge >= 0.3 is 0 Å². The second kappa shape index (κ2) is 7.60. The summed E-state index contributed by atoms with van der Waals surface area (Å²) < 4.78 is 26.8. The first-order chi connectivity index (χ1) is 9.74. The highest BCUT2D eigenvalue weighted by Gasteiger charge is 2.15. The van der Waals surface area contributed by atoms with Gasteiger partial charge in [-0.3, -0.25) is 0 Å². The molecule has 4 nitrogen and oxygen atoms in total. The molecule has 0 aliphatic rings. The van der Waals surface area contributed by atoms with Crippen LogP contribution in [-0.4, -0.2) is 26.7 Å². The van der Waals surface area contributed by atoms with E-state index in [9.17, 15) is 8.42 Å². The van der Waals surface area contributed by atoms with Gasteiger partial charge in [0, 0.05) is 18.5 Å². The highest BCUT2D eigenvalue weighted by Crippen LogP contribution is 2.18. The maximum atomic E-state index is 12.1. The van der Waals surface area contributed by atoms with Gasteiger partial charge in [0.05, 0.1) is 11.5 Å². The maximum Gasteiger partial charge on any atom is 0.240 e. The minimum Gasteiger partial charge on any atom is -0.395 e. The molecule has 0 saturated carbocycles. The Morgan fingerprint density at radius 1 is 1.19 bits per heavy atom. The molecular formula is C16H23NO3S. The largest absolute Gasteiger partial charge is 0.395 e. The maximum absolute atomic E-state index is 12.1. The second-order valence-electron chi connectivity index (χ2n) is 6.01. The monoisotopic (exact) mass is 309 g/mol. The van der Waals surface area contributed by atoms with Crippen molar-refractivity contribution in [2.24, 2.45) is 5.41 Å². The van der Waals surface area contributed by atoms with Gasteiger partial charge in [-0.05, 0) is 36.1 Å². The Labute approximate surface area is 127 Å². The molecule has 0 bridgehead atoms. The summed E-state index contributed by atoms with van der Waals surface area (Å²) in [5.74, 6) is 5.66. The van der Waals surface area contributed by atoms with Crippen molar-refractivity contribution in [2.75, 3.05) is 13.2 Å². The topological polar surface area (TPSA) is 66.4 Å². The van der Waals surface area contributed by atoms with Gasteiger partial charge in [-0.1, -0.05) is 32.6 Å². The molecule has 0 spiro atoms. The Hall–Kier alpha value is -1.35. The molecule has 5 heteroatoms. The van der Waals surface area contributed by atoms with Crippen LogP contribution in [0.4, 0.5) is 0 Å². The Morgan fingerprint density at radius 2 is 1.81 bits per heavy atom. The third-order valence-electron chi connectivity index (χ3n) is 2.80. The standard InChI is InChI=1S/C16H23NO3S/c1-16(2,3)11-12-17-21(19,20)15-9-7-14(8-10-15)6-4-5-13-18/h7-10,17-18H,5,11-13H2,1-3H3. The van der Waals surface area contributed by atoms with Gasteiger partial charge < -0.3 is 5.11 Å². The first-order valence-electron chi connectivity index (χ1n) is 6.94. The molecule has 0 heterocycles. The summed E-state index contributed by atoms with van der Waals surface area (Å²) in [5.41, 5.74) is 0.825. The van der Waals surface area contributed by atoms with E-state index in [2.05, 4.69) is 37.3 Å². The smallest absolute Gasteiger partial charge is 0.240 e. The molecule has 21 heavy (non-hydrogen) atoms. The summed E-state index contributed by atoms with van der Waals surface area (Å²) in [6.45, 7) is 6.66. The number of hydrogen-bond donors (Lipinski definition) is 2. The average Bonchev–Trinajstić information content (AvgIpc) is 2.38. The van der Waals surface area contributed by atoms with Crippen molar-refractivity contribution in [3.63, 3.8) is 0 Å². The van der Waals surface area contributed by atoms with E-state index in [-0.39, 0.29) is 16.9 Å².